The third-order valence-corrected chi connectivity index (χ3v) is 6.28. The van der Waals surface area contributed by atoms with Gasteiger partial charge in [-0.15, -0.1) is 0 Å². The number of hydrogen-bond acceptors (Lipinski definition) is 1. The zero-order valence-electron chi connectivity index (χ0n) is 14.7. The van der Waals surface area contributed by atoms with Crippen molar-refractivity contribution >= 4 is 0 Å². The van der Waals surface area contributed by atoms with Gasteiger partial charge in [-0.3, -0.25) is 4.90 Å². The lowest BCUT2D eigenvalue weighted by atomic mass is 10.3. The average Bonchev–Trinajstić information content (AvgIpc) is 3.29. The third kappa shape index (κ3) is 5.48. The summed E-state index contributed by atoms with van der Waals surface area (Å²) in [5, 5.41) is 0. The molecule has 3 aliphatic heterocycles. The van der Waals surface area contributed by atoms with Crippen LogP contribution in [0.5, 0.6) is 0 Å². The number of nitrogens with one attached hydrogen (secondary N) is 3. The Labute approximate surface area is 137 Å². The first kappa shape index (κ1) is 16.7. The first-order valence-electron chi connectivity index (χ1n) is 10.1. The first-order chi connectivity index (χ1) is 10.9. The van der Waals surface area contributed by atoms with Crippen LogP contribution in [0, 0.1) is 0 Å². The van der Waals surface area contributed by atoms with Gasteiger partial charge in [-0.05, 0) is 0 Å². The minimum absolute atomic E-state index is 1.34. The van der Waals surface area contributed by atoms with Crippen LogP contribution in [0.3, 0.4) is 0 Å². The van der Waals surface area contributed by atoms with Crippen LogP contribution in [-0.2, 0) is 0 Å². The molecule has 0 aliphatic carbocycles. The predicted octanol–water partition coefficient (Wildman–Crippen LogP) is -2.68. The molecular weight excluding hydrogens is 272 g/mol. The van der Waals surface area contributed by atoms with Crippen molar-refractivity contribution in [2.75, 3.05) is 78.5 Å². The lowest BCUT2D eigenvalue weighted by Crippen LogP contribution is -3.12. The lowest BCUT2D eigenvalue weighted by Gasteiger charge is -2.26. The van der Waals surface area contributed by atoms with Crippen molar-refractivity contribution in [2.24, 2.45) is 0 Å². The van der Waals surface area contributed by atoms with Crippen LogP contribution in [0.1, 0.15) is 38.5 Å². The molecule has 0 saturated carbocycles. The molecule has 0 aromatic carbocycles. The Hall–Kier alpha value is -0.160. The monoisotopic (exact) mass is 311 g/mol. The van der Waals surface area contributed by atoms with E-state index in [0.717, 1.165) is 0 Å². The van der Waals surface area contributed by atoms with Crippen LogP contribution in [0.2, 0.25) is 0 Å². The molecule has 3 rings (SSSR count). The number of rotatable bonds is 9. The molecule has 0 bridgehead atoms. The van der Waals surface area contributed by atoms with Crippen molar-refractivity contribution < 1.29 is 14.7 Å². The molecule has 3 saturated heterocycles. The Balaban J connectivity index is 1.38. The molecule has 3 fully saturated rings. The van der Waals surface area contributed by atoms with E-state index in [4.69, 9.17) is 0 Å². The smallest absolute Gasteiger partial charge is 0.0900 e. The molecule has 22 heavy (non-hydrogen) atoms. The maximum absolute atomic E-state index is 2.81. The zero-order valence-corrected chi connectivity index (χ0v) is 14.7. The van der Waals surface area contributed by atoms with E-state index in [0.29, 0.717) is 0 Å². The number of hydrogen-bond donors (Lipinski definition) is 3. The third-order valence-electron chi connectivity index (χ3n) is 6.28. The van der Waals surface area contributed by atoms with Crippen molar-refractivity contribution in [1.82, 2.24) is 4.90 Å². The summed E-state index contributed by atoms with van der Waals surface area (Å²) in [4.78, 5) is 8.41. The Morgan fingerprint density at radius 2 is 0.727 bits per heavy atom. The largest absolute Gasteiger partial charge is 0.334 e. The Morgan fingerprint density at radius 3 is 1.00 bits per heavy atom. The second-order valence-electron chi connectivity index (χ2n) is 7.96. The highest BCUT2D eigenvalue weighted by atomic mass is 15.2. The van der Waals surface area contributed by atoms with Gasteiger partial charge >= 0.3 is 0 Å². The summed E-state index contributed by atoms with van der Waals surface area (Å²) in [5.74, 6) is 0. The van der Waals surface area contributed by atoms with Crippen molar-refractivity contribution in [3.63, 3.8) is 0 Å². The van der Waals surface area contributed by atoms with Crippen molar-refractivity contribution in [3.8, 4) is 0 Å². The molecule has 4 nitrogen and oxygen atoms in total. The van der Waals surface area contributed by atoms with Gasteiger partial charge in [-0.2, -0.15) is 0 Å². The van der Waals surface area contributed by atoms with E-state index in [1.54, 1.807) is 0 Å². The van der Waals surface area contributed by atoms with Crippen LogP contribution in [0.25, 0.3) is 0 Å². The van der Waals surface area contributed by atoms with Gasteiger partial charge in [-0.25, -0.2) is 0 Å². The van der Waals surface area contributed by atoms with Gasteiger partial charge < -0.3 is 14.7 Å². The summed E-state index contributed by atoms with van der Waals surface area (Å²) in [7, 11) is 0. The van der Waals surface area contributed by atoms with E-state index in [2.05, 4.69) is 4.90 Å². The molecule has 0 spiro atoms. The van der Waals surface area contributed by atoms with Gasteiger partial charge in [0.25, 0.3) is 0 Å². The predicted molar refractivity (Wildman–Crippen MR) is 90.8 cm³/mol. The van der Waals surface area contributed by atoms with E-state index in [-0.39, 0.29) is 0 Å². The summed E-state index contributed by atoms with van der Waals surface area (Å²) in [5.41, 5.74) is 0. The molecule has 0 aromatic rings. The standard InChI is InChI=1S/C18H36N4/c1-2-8-19(7-1)13-16-22(17-14-20-9-3-4-10-20)18-15-21-11-5-6-12-21/h1-18H2/p+3. The summed E-state index contributed by atoms with van der Waals surface area (Å²) < 4.78 is 0. The second kappa shape index (κ2) is 9.21. The van der Waals surface area contributed by atoms with Gasteiger partial charge in [0, 0.05) is 58.2 Å². The molecule has 0 amide bonds. The van der Waals surface area contributed by atoms with Gasteiger partial charge in [0.05, 0.1) is 58.9 Å². The Kier molecular flexibility index (Phi) is 6.99. The lowest BCUT2D eigenvalue weighted by molar-refractivity contribution is -0.892. The van der Waals surface area contributed by atoms with Crippen molar-refractivity contribution in [3.05, 3.63) is 0 Å². The van der Waals surface area contributed by atoms with Crippen LogP contribution < -0.4 is 14.7 Å². The van der Waals surface area contributed by atoms with E-state index in [1.807, 2.05) is 14.7 Å². The van der Waals surface area contributed by atoms with Gasteiger partial charge in [0.15, 0.2) is 0 Å². The molecule has 3 aliphatic rings. The zero-order chi connectivity index (χ0) is 15.0. The fraction of sp³-hybridized carbons (Fsp3) is 1.00. The van der Waals surface area contributed by atoms with Gasteiger partial charge in [-0.1, -0.05) is 0 Å². The highest BCUT2D eigenvalue weighted by Crippen LogP contribution is 1.92. The van der Waals surface area contributed by atoms with Crippen molar-refractivity contribution in [1.29, 1.82) is 0 Å². The average molecular weight is 312 g/mol. The molecule has 0 aromatic heterocycles. The van der Waals surface area contributed by atoms with Crippen LogP contribution in [0.4, 0.5) is 0 Å². The van der Waals surface area contributed by atoms with E-state index < -0.39 is 0 Å². The van der Waals surface area contributed by atoms with Crippen LogP contribution in [-0.4, -0.2) is 83.4 Å². The fourth-order valence-corrected chi connectivity index (χ4v) is 4.66. The highest BCUT2D eigenvalue weighted by Gasteiger charge is 2.21. The van der Waals surface area contributed by atoms with E-state index in [9.17, 15) is 0 Å². The SMILES string of the molecule is C1CC[NH+](CCN(CC[NH+]2CCCC2)CC[NH+]2CCCC2)C1. The quantitative estimate of drug-likeness (QED) is 0.423. The minimum atomic E-state index is 1.34. The maximum Gasteiger partial charge on any atom is 0.0900 e. The van der Waals surface area contributed by atoms with Gasteiger partial charge in [0.2, 0.25) is 0 Å². The van der Waals surface area contributed by atoms with Crippen molar-refractivity contribution in [2.45, 2.75) is 38.5 Å². The molecule has 0 unspecified atom stereocenters. The molecular formula is C18H39N4+3. The molecule has 0 radical (unpaired) electrons. The Morgan fingerprint density at radius 1 is 0.455 bits per heavy atom. The molecule has 128 valence electrons. The first-order valence-corrected chi connectivity index (χ1v) is 10.1. The van der Waals surface area contributed by atoms with E-state index >= 15 is 0 Å². The number of quaternary nitrogens is 3. The topological polar surface area (TPSA) is 16.6 Å². The summed E-state index contributed by atoms with van der Waals surface area (Å²) in [6.45, 7) is 16.8. The molecule has 3 heterocycles. The van der Waals surface area contributed by atoms with Crippen LogP contribution in [0.15, 0.2) is 0 Å². The molecule has 0 atom stereocenters. The summed E-state index contributed by atoms with van der Waals surface area (Å²) in [6, 6.07) is 0. The minimum Gasteiger partial charge on any atom is -0.334 e. The number of nitrogens with zero attached hydrogens (tertiary/aromatic N) is 1. The summed E-state index contributed by atoms with van der Waals surface area (Å²) in [6.07, 6.45) is 8.78. The summed E-state index contributed by atoms with van der Waals surface area (Å²) >= 11 is 0. The highest BCUT2D eigenvalue weighted by molar-refractivity contribution is 4.59. The molecule has 4 heteroatoms. The Bertz CT molecular complexity index is 244. The maximum atomic E-state index is 2.81. The van der Waals surface area contributed by atoms with E-state index in [1.165, 1.54) is 117 Å². The second-order valence-corrected chi connectivity index (χ2v) is 7.96. The molecule has 3 N–H and O–H groups in total. The normalized spacial score (nSPS) is 25.0. The van der Waals surface area contributed by atoms with Crippen LogP contribution >= 0.6 is 0 Å². The fourth-order valence-electron chi connectivity index (χ4n) is 4.66. The number of likely N-dealkylation sites (tertiary alicyclic amines) is 3. The van der Waals surface area contributed by atoms with Gasteiger partial charge in [0.1, 0.15) is 0 Å².